The minimum Gasteiger partial charge on any atom is -0.481 e. The summed E-state index contributed by atoms with van der Waals surface area (Å²) < 4.78 is 9.91. The fraction of sp³-hybridized carbons (Fsp3) is 0.389. The van der Waals surface area contributed by atoms with Crippen LogP contribution < -0.4 is 10.1 Å². The zero-order chi connectivity index (χ0) is 18.4. The second-order valence-electron chi connectivity index (χ2n) is 5.61. The monoisotopic (exact) mass is 345 g/mol. The van der Waals surface area contributed by atoms with Gasteiger partial charge in [0.25, 0.3) is 5.91 Å². The summed E-state index contributed by atoms with van der Waals surface area (Å²) in [5, 5.41) is 2.86. The molecule has 0 atom stereocenters. The highest BCUT2D eigenvalue weighted by molar-refractivity contribution is 6.00. The summed E-state index contributed by atoms with van der Waals surface area (Å²) in [7, 11) is 2.87. The molecule has 0 spiro atoms. The molecule has 2 aromatic heterocycles. The molecular weight excluding hydrogens is 322 g/mol. The van der Waals surface area contributed by atoms with Crippen molar-refractivity contribution in [2.75, 3.05) is 14.2 Å². The number of aromatic amines is 1. The third-order valence-electron chi connectivity index (χ3n) is 3.87. The van der Waals surface area contributed by atoms with Crippen molar-refractivity contribution in [1.29, 1.82) is 0 Å². The van der Waals surface area contributed by atoms with Crippen LogP contribution in [0.4, 0.5) is 0 Å². The van der Waals surface area contributed by atoms with Gasteiger partial charge in [0, 0.05) is 24.5 Å². The molecule has 0 aliphatic carbocycles. The zero-order valence-corrected chi connectivity index (χ0v) is 14.9. The normalized spacial score (nSPS) is 10.4. The van der Waals surface area contributed by atoms with E-state index in [4.69, 9.17) is 9.47 Å². The quantitative estimate of drug-likeness (QED) is 0.752. The van der Waals surface area contributed by atoms with Crippen molar-refractivity contribution < 1.29 is 19.1 Å². The van der Waals surface area contributed by atoms with Crippen molar-refractivity contribution in [3.8, 4) is 5.88 Å². The van der Waals surface area contributed by atoms with E-state index in [1.54, 1.807) is 25.3 Å². The van der Waals surface area contributed by atoms with Gasteiger partial charge in [-0.25, -0.2) is 9.78 Å². The standard InChI is InChI=1S/C18H23N3O4/c1-5-6-13-15(18(23)25-4)11(2)21-16(13)17(22)20-10-12-7-8-19-14(9-12)24-3/h7-9,21H,5-6,10H2,1-4H3,(H,20,22). The Balaban J connectivity index is 2.22. The van der Waals surface area contributed by atoms with Crippen molar-refractivity contribution in [3.05, 3.63) is 46.4 Å². The van der Waals surface area contributed by atoms with E-state index < -0.39 is 5.97 Å². The molecule has 0 aromatic carbocycles. The lowest BCUT2D eigenvalue weighted by molar-refractivity contribution is 0.0599. The number of hydrogen-bond donors (Lipinski definition) is 2. The molecule has 1 amide bonds. The Kier molecular flexibility index (Phi) is 6.16. The molecule has 0 aliphatic rings. The summed E-state index contributed by atoms with van der Waals surface area (Å²) in [6.07, 6.45) is 3.04. The smallest absolute Gasteiger partial charge is 0.339 e. The first-order valence-electron chi connectivity index (χ1n) is 8.08. The minimum atomic E-state index is -0.435. The molecule has 7 heteroatoms. The van der Waals surface area contributed by atoms with Crippen molar-refractivity contribution in [1.82, 2.24) is 15.3 Å². The Labute approximate surface area is 146 Å². The lowest BCUT2D eigenvalue weighted by atomic mass is 10.0. The summed E-state index contributed by atoms with van der Waals surface area (Å²) in [4.78, 5) is 31.7. The van der Waals surface area contributed by atoms with Crippen molar-refractivity contribution >= 4 is 11.9 Å². The van der Waals surface area contributed by atoms with Gasteiger partial charge in [0.15, 0.2) is 0 Å². The molecule has 0 radical (unpaired) electrons. The van der Waals surface area contributed by atoms with Gasteiger partial charge in [-0.05, 0) is 30.5 Å². The van der Waals surface area contributed by atoms with E-state index in [2.05, 4.69) is 15.3 Å². The molecule has 0 fully saturated rings. The minimum absolute atomic E-state index is 0.266. The zero-order valence-electron chi connectivity index (χ0n) is 14.9. The van der Waals surface area contributed by atoms with Crippen LogP contribution in [0, 0.1) is 6.92 Å². The number of pyridine rings is 1. The molecule has 0 unspecified atom stereocenters. The molecule has 2 N–H and O–H groups in total. The van der Waals surface area contributed by atoms with Gasteiger partial charge in [-0.3, -0.25) is 4.79 Å². The molecule has 7 nitrogen and oxygen atoms in total. The summed E-state index contributed by atoms with van der Waals surface area (Å²) in [6, 6.07) is 3.56. The van der Waals surface area contributed by atoms with E-state index in [1.807, 2.05) is 6.92 Å². The molecular formula is C18H23N3O4. The van der Waals surface area contributed by atoms with Gasteiger partial charge in [0.1, 0.15) is 5.69 Å². The average Bonchev–Trinajstić information content (AvgIpc) is 2.95. The van der Waals surface area contributed by atoms with Gasteiger partial charge in [0.05, 0.1) is 19.8 Å². The number of aryl methyl sites for hydroxylation is 1. The molecule has 2 heterocycles. The number of ether oxygens (including phenoxy) is 2. The van der Waals surface area contributed by atoms with Crippen LogP contribution in [-0.4, -0.2) is 36.1 Å². The largest absolute Gasteiger partial charge is 0.481 e. The molecule has 2 rings (SSSR count). The molecule has 0 saturated heterocycles. The van der Waals surface area contributed by atoms with E-state index in [0.29, 0.717) is 41.4 Å². The van der Waals surface area contributed by atoms with Gasteiger partial charge >= 0.3 is 5.97 Å². The maximum Gasteiger partial charge on any atom is 0.339 e. The van der Waals surface area contributed by atoms with Crippen LogP contribution in [-0.2, 0) is 17.7 Å². The van der Waals surface area contributed by atoms with E-state index in [1.165, 1.54) is 14.2 Å². The maximum atomic E-state index is 12.6. The first-order chi connectivity index (χ1) is 12.0. The van der Waals surface area contributed by atoms with E-state index in [-0.39, 0.29) is 5.91 Å². The Morgan fingerprint density at radius 3 is 2.72 bits per heavy atom. The highest BCUT2D eigenvalue weighted by Crippen LogP contribution is 2.22. The lowest BCUT2D eigenvalue weighted by Crippen LogP contribution is -2.24. The van der Waals surface area contributed by atoms with Gasteiger partial charge in [-0.2, -0.15) is 0 Å². The number of aromatic nitrogens is 2. The van der Waals surface area contributed by atoms with Gasteiger partial charge in [-0.1, -0.05) is 13.3 Å². The number of nitrogens with one attached hydrogen (secondary N) is 2. The first-order valence-corrected chi connectivity index (χ1v) is 8.08. The lowest BCUT2D eigenvalue weighted by Gasteiger charge is -2.08. The Morgan fingerprint density at radius 1 is 1.32 bits per heavy atom. The molecule has 2 aromatic rings. The van der Waals surface area contributed by atoms with Crippen molar-refractivity contribution in [2.24, 2.45) is 0 Å². The third kappa shape index (κ3) is 4.17. The van der Waals surface area contributed by atoms with Gasteiger partial charge in [-0.15, -0.1) is 0 Å². The Hall–Kier alpha value is -2.83. The van der Waals surface area contributed by atoms with Gasteiger partial charge in [0.2, 0.25) is 5.88 Å². The van der Waals surface area contributed by atoms with Crippen molar-refractivity contribution in [3.63, 3.8) is 0 Å². The number of esters is 1. The predicted octanol–water partition coefficient (Wildman–Crippen LogP) is 2.40. The van der Waals surface area contributed by atoms with Crippen LogP contribution in [0.3, 0.4) is 0 Å². The molecule has 0 saturated carbocycles. The van der Waals surface area contributed by atoms with E-state index >= 15 is 0 Å². The maximum absolute atomic E-state index is 12.6. The fourth-order valence-corrected chi connectivity index (χ4v) is 2.69. The number of carbonyl (C=O) groups is 2. The second-order valence-corrected chi connectivity index (χ2v) is 5.61. The molecule has 25 heavy (non-hydrogen) atoms. The van der Waals surface area contributed by atoms with E-state index in [0.717, 1.165) is 12.0 Å². The highest BCUT2D eigenvalue weighted by Gasteiger charge is 2.24. The average molecular weight is 345 g/mol. The van der Waals surface area contributed by atoms with Crippen LogP contribution in [0.1, 0.15) is 51.0 Å². The highest BCUT2D eigenvalue weighted by atomic mass is 16.5. The topological polar surface area (TPSA) is 93.3 Å². The summed E-state index contributed by atoms with van der Waals surface area (Å²) in [5.41, 5.74) is 3.04. The third-order valence-corrected chi connectivity index (χ3v) is 3.87. The molecule has 0 bridgehead atoms. The number of amides is 1. The van der Waals surface area contributed by atoms with Crippen molar-refractivity contribution in [2.45, 2.75) is 33.2 Å². The fourth-order valence-electron chi connectivity index (χ4n) is 2.69. The number of nitrogens with zero attached hydrogens (tertiary/aromatic N) is 1. The predicted molar refractivity (Wildman–Crippen MR) is 92.8 cm³/mol. The SMILES string of the molecule is CCCc1c(C(=O)NCc2ccnc(OC)c2)[nH]c(C)c1C(=O)OC. The summed E-state index contributed by atoms with van der Waals surface area (Å²) in [6.45, 7) is 4.08. The van der Waals surface area contributed by atoms with Crippen LogP contribution in [0.5, 0.6) is 5.88 Å². The summed E-state index contributed by atoms with van der Waals surface area (Å²) in [5.74, 6) is -0.213. The second kappa shape index (κ2) is 8.32. The number of methoxy groups -OCH3 is 2. The number of H-pyrrole nitrogens is 1. The van der Waals surface area contributed by atoms with E-state index in [9.17, 15) is 9.59 Å². The number of carbonyl (C=O) groups excluding carboxylic acids is 2. The molecule has 0 aliphatic heterocycles. The van der Waals surface area contributed by atoms with Crippen LogP contribution >= 0.6 is 0 Å². The Morgan fingerprint density at radius 2 is 2.08 bits per heavy atom. The van der Waals surface area contributed by atoms with Gasteiger partial charge < -0.3 is 19.8 Å². The number of rotatable bonds is 7. The summed E-state index contributed by atoms with van der Waals surface area (Å²) >= 11 is 0. The number of hydrogen-bond acceptors (Lipinski definition) is 5. The molecule has 134 valence electrons. The Bertz CT molecular complexity index is 768. The van der Waals surface area contributed by atoms with Crippen LogP contribution in [0.15, 0.2) is 18.3 Å². The van der Waals surface area contributed by atoms with Crippen LogP contribution in [0.25, 0.3) is 0 Å². The first kappa shape index (κ1) is 18.5. The van der Waals surface area contributed by atoms with Crippen LogP contribution in [0.2, 0.25) is 0 Å².